The standard InChI is InChI=1S/C21H13N3O5S/c25-20-18(30-21(26)24(20)11-16-2-1-9-27-16)10-15-7-8-17(29-15)13-3-5-14(6-4-13)19-23-22-12-28-19/h1-10,12H,11H2. The minimum Gasteiger partial charge on any atom is -0.467 e. The van der Waals surface area contributed by atoms with E-state index in [4.69, 9.17) is 13.3 Å². The Bertz CT molecular complexity index is 1220. The van der Waals surface area contributed by atoms with E-state index in [-0.39, 0.29) is 17.7 Å². The summed E-state index contributed by atoms with van der Waals surface area (Å²) in [6, 6.07) is 14.4. The molecule has 1 aromatic carbocycles. The smallest absolute Gasteiger partial charge is 0.293 e. The number of nitrogens with zero attached hydrogens (tertiary/aromatic N) is 3. The predicted molar refractivity (Wildman–Crippen MR) is 108 cm³/mol. The van der Waals surface area contributed by atoms with Crippen LogP contribution < -0.4 is 0 Å². The van der Waals surface area contributed by atoms with Crippen LogP contribution in [0.3, 0.4) is 0 Å². The summed E-state index contributed by atoms with van der Waals surface area (Å²) in [5.74, 6) is 1.72. The molecule has 0 aliphatic carbocycles. The van der Waals surface area contributed by atoms with Crippen LogP contribution in [0.15, 0.2) is 79.3 Å². The lowest BCUT2D eigenvalue weighted by molar-refractivity contribution is -0.123. The summed E-state index contributed by atoms with van der Waals surface area (Å²) >= 11 is 0.878. The fourth-order valence-corrected chi connectivity index (χ4v) is 3.80. The van der Waals surface area contributed by atoms with Gasteiger partial charge >= 0.3 is 0 Å². The molecule has 2 amide bonds. The van der Waals surface area contributed by atoms with Crippen molar-refractivity contribution in [2.75, 3.05) is 0 Å². The Morgan fingerprint density at radius 2 is 1.83 bits per heavy atom. The van der Waals surface area contributed by atoms with Crippen LogP contribution in [-0.2, 0) is 11.3 Å². The maximum Gasteiger partial charge on any atom is 0.293 e. The molecule has 1 fully saturated rings. The summed E-state index contributed by atoms with van der Waals surface area (Å²) in [7, 11) is 0. The number of furan rings is 2. The van der Waals surface area contributed by atoms with E-state index in [2.05, 4.69) is 10.2 Å². The van der Waals surface area contributed by atoms with Gasteiger partial charge in [-0.2, -0.15) is 0 Å². The molecule has 0 atom stereocenters. The Kier molecular flexibility index (Phi) is 4.56. The topological polar surface area (TPSA) is 103 Å². The van der Waals surface area contributed by atoms with E-state index in [0.29, 0.717) is 28.1 Å². The molecule has 4 heterocycles. The molecule has 4 aromatic rings. The molecule has 30 heavy (non-hydrogen) atoms. The van der Waals surface area contributed by atoms with Gasteiger partial charge in [0.05, 0.1) is 17.7 Å². The van der Waals surface area contributed by atoms with Gasteiger partial charge in [0.15, 0.2) is 0 Å². The van der Waals surface area contributed by atoms with Gasteiger partial charge in [0, 0.05) is 17.2 Å². The SMILES string of the molecule is O=C1SC(=Cc2ccc(-c3ccc(-c4nnco4)cc3)o2)C(=O)N1Cc1ccco1. The Hall–Kier alpha value is -3.85. The van der Waals surface area contributed by atoms with E-state index in [9.17, 15) is 9.59 Å². The fraction of sp³-hybridized carbons (Fsp3) is 0.0476. The van der Waals surface area contributed by atoms with Crippen LogP contribution in [-0.4, -0.2) is 26.2 Å². The molecule has 0 saturated carbocycles. The zero-order chi connectivity index (χ0) is 20.5. The van der Waals surface area contributed by atoms with E-state index >= 15 is 0 Å². The Morgan fingerprint density at radius 3 is 2.57 bits per heavy atom. The molecule has 148 valence electrons. The number of hydrogen-bond donors (Lipinski definition) is 0. The van der Waals surface area contributed by atoms with Crippen LogP contribution in [0.25, 0.3) is 28.9 Å². The van der Waals surface area contributed by atoms with E-state index in [1.54, 1.807) is 30.3 Å². The Morgan fingerprint density at radius 1 is 1.00 bits per heavy atom. The molecular formula is C21H13N3O5S. The summed E-state index contributed by atoms with van der Waals surface area (Å²) < 4.78 is 16.2. The quantitative estimate of drug-likeness (QED) is 0.424. The number of rotatable bonds is 5. The van der Waals surface area contributed by atoms with Gasteiger partial charge in [-0.05, 0) is 48.2 Å². The van der Waals surface area contributed by atoms with Crippen molar-refractivity contribution in [3.05, 3.63) is 77.6 Å². The van der Waals surface area contributed by atoms with Crippen molar-refractivity contribution in [1.29, 1.82) is 0 Å². The molecule has 3 aromatic heterocycles. The summed E-state index contributed by atoms with van der Waals surface area (Å²) in [6.45, 7) is 0.102. The van der Waals surface area contributed by atoms with Crippen molar-refractivity contribution >= 4 is 29.0 Å². The number of amides is 2. The van der Waals surface area contributed by atoms with Gasteiger partial charge in [-0.15, -0.1) is 10.2 Å². The van der Waals surface area contributed by atoms with E-state index in [1.165, 1.54) is 12.7 Å². The normalized spacial score (nSPS) is 15.5. The Labute approximate surface area is 174 Å². The van der Waals surface area contributed by atoms with Gasteiger partial charge in [-0.3, -0.25) is 14.5 Å². The second kappa shape index (κ2) is 7.53. The highest BCUT2D eigenvalue weighted by Crippen LogP contribution is 2.34. The number of aromatic nitrogens is 2. The molecule has 0 unspecified atom stereocenters. The molecule has 0 spiro atoms. The van der Waals surface area contributed by atoms with Crippen LogP contribution in [0.2, 0.25) is 0 Å². The van der Waals surface area contributed by atoms with E-state index in [0.717, 1.165) is 27.8 Å². The van der Waals surface area contributed by atoms with Crippen LogP contribution >= 0.6 is 11.8 Å². The number of thioether (sulfide) groups is 1. The van der Waals surface area contributed by atoms with Gasteiger partial charge in [0.2, 0.25) is 12.3 Å². The first kappa shape index (κ1) is 18.2. The first-order valence-corrected chi connectivity index (χ1v) is 9.73. The van der Waals surface area contributed by atoms with Gasteiger partial charge in [0.1, 0.15) is 17.3 Å². The zero-order valence-corrected chi connectivity index (χ0v) is 16.2. The minimum absolute atomic E-state index is 0.102. The molecule has 0 radical (unpaired) electrons. The number of hydrogen-bond acceptors (Lipinski definition) is 8. The maximum atomic E-state index is 12.6. The molecule has 1 aliphatic rings. The highest BCUT2D eigenvalue weighted by atomic mass is 32.2. The molecule has 0 bridgehead atoms. The summed E-state index contributed by atoms with van der Waals surface area (Å²) in [5.41, 5.74) is 1.65. The second-order valence-electron chi connectivity index (χ2n) is 6.37. The first-order valence-electron chi connectivity index (χ1n) is 8.92. The largest absolute Gasteiger partial charge is 0.467 e. The Balaban J connectivity index is 1.33. The van der Waals surface area contributed by atoms with Crippen LogP contribution in [0.4, 0.5) is 4.79 Å². The highest BCUT2D eigenvalue weighted by molar-refractivity contribution is 8.18. The van der Waals surface area contributed by atoms with Gasteiger partial charge in [0.25, 0.3) is 11.1 Å². The molecule has 1 aliphatic heterocycles. The zero-order valence-electron chi connectivity index (χ0n) is 15.3. The third kappa shape index (κ3) is 3.46. The van der Waals surface area contributed by atoms with Crippen molar-refractivity contribution < 1.29 is 22.8 Å². The monoisotopic (exact) mass is 419 g/mol. The van der Waals surface area contributed by atoms with E-state index < -0.39 is 0 Å². The van der Waals surface area contributed by atoms with Crippen LogP contribution in [0.5, 0.6) is 0 Å². The number of carbonyl (C=O) groups is 2. The summed E-state index contributed by atoms with van der Waals surface area (Å²) in [4.78, 5) is 26.2. The summed E-state index contributed by atoms with van der Waals surface area (Å²) in [5, 5.41) is 7.20. The lowest BCUT2D eigenvalue weighted by Gasteiger charge is -2.09. The minimum atomic E-state index is -0.372. The van der Waals surface area contributed by atoms with E-state index in [1.807, 2.05) is 24.3 Å². The third-order valence-electron chi connectivity index (χ3n) is 4.44. The third-order valence-corrected chi connectivity index (χ3v) is 5.35. The fourth-order valence-electron chi connectivity index (χ4n) is 2.99. The van der Waals surface area contributed by atoms with Crippen molar-refractivity contribution in [3.8, 4) is 22.8 Å². The van der Waals surface area contributed by atoms with Gasteiger partial charge in [-0.25, -0.2) is 0 Å². The van der Waals surface area contributed by atoms with Gasteiger partial charge < -0.3 is 13.3 Å². The highest BCUT2D eigenvalue weighted by Gasteiger charge is 2.35. The van der Waals surface area contributed by atoms with Crippen LogP contribution in [0.1, 0.15) is 11.5 Å². The molecule has 0 N–H and O–H groups in total. The molecule has 8 nitrogen and oxygen atoms in total. The lowest BCUT2D eigenvalue weighted by Crippen LogP contribution is -2.27. The lowest BCUT2D eigenvalue weighted by atomic mass is 10.1. The number of imide groups is 1. The van der Waals surface area contributed by atoms with Crippen LogP contribution in [0, 0.1) is 0 Å². The average Bonchev–Trinajstić information content (AvgIpc) is 3.56. The number of carbonyl (C=O) groups excluding carboxylic acids is 2. The molecule has 1 saturated heterocycles. The maximum absolute atomic E-state index is 12.6. The molecular weight excluding hydrogens is 406 g/mol. The van der Waals surface area contributed by atoms with Gasteiger partial charge in [-0.1, -0.05) is 12.1 Å². The van der Waals surface area contributed by atoms with Crippen molar-refractivity contribution in [2.24, 2.45) is 0 Å². The molecule has 5 rings (SSSR count). The number of benzene rings is 1. The second-order valence-corrected chi connectivity index (χ2v) is 7.36. The van der Waals surface area contributed by atoms with Crippen molar-refractivity contribution in [2.45, 2.75) is 6.54 Å². The predicted octanol–water partition coefficient (Wildman–Crippen LogP) is 4.83. The first-order chi connectivity index (χ1) is 14.7. The average molecular weight is 419 g/mol. The van der Waals surface area contributed by atoms with Crippen molar-refractivity contribution in [3.63, 3.8) is 0 Å². The summed E-state index contributed by atoms with van der Waals surface area (Å²) in [6.07, 6.45) is 4.35. The molecule has 9 heteroatoms. The van der Waals surface area contributed by atoms with Crippen molar-refractivity contribution in [1.82, 2.24) is 15.1 Å².